The van der Waals surface area contributed by atoms with Crippen LogP contribution in [0.5, 0.6) is 0 Å². The van der Waals surface area contributed by atoms with E-state index in [1.54, 1.807) is 0 Å². The molecule has 0 bridgehead atoms. The fraction of sp³-hybridized carbons (Fsp3) is 0.786. The number of hydrogen-bond donors (Lipinski definition) is 1. The quantitative estimate of drug-likeness (QED) is 0.508. The molecule has 2 unspecified atom stereocenters. The first-order valence-corrected chi connectivity index (χ1v) is 6.18. The molecule has 0 spiro atoms. The first-order valence-electron chi connectivity index (χ1n) is 6.18. The number of carbonyl (C=O) groups is 1. The number of aldehydes is 1. The summed E-state index contributed by atoms with van der Waals surface area (Å²) < 4.78 is 0. The zero-order valence-corrected chi connectivity index (χ0v) is 11.1. The highest BCUT2D eigenvalue weighted by Crippen LogP contribution is 2.21. The number of hydrogen-bond acceptors (Lipinski definition) is 2. The molecule has 0 rings (SSSR count). The van der Waals surface area contributed by atoms with Crippen LogP contribution in [0, 0.1) is 5.92 Å². The van der Waals surface area contributed by atoms with Gasteiger partial charge in [0.25, 0.3) is 0 Å². The third kappa shape index (κ3) is 8.66. The van der Waals surface area contributed by atoms with E-state index in [0.29, 0.717) is 0 Å². The molecular weight excluding hydrogens is 200 g/mol. The molecule has 0 fully saturated rings. The van der Waals surface area contributed by atoms with E-state index in [4.69, 9.17) is 0 Å². The number of allylic oxidation sites excluding steroid dienone is 2. The van der Waals surface area contributed by atoms with Crippen LogP contribution in [-0.4, -0.2) is 17.0 Å². The molecule has 0 heterocycles. The summed E-state index contributed by atoms with van der Waals surface area (Å²) in [7, 11) is 0. The van der Waals surface area contributed by atoms with Crippen molar-refractivity contribution in [1.29, 1.82) is 0 Å². The van der Waals surface area contributed by atoms with Crippen molar-refractivity contribution in [3.8, 4) is 0 Å². The lowest BCUT2D eigenvalue weighted by atomic mass is 9.91. The molecule has 2 atom stereocenters. The molecule has 0 aromatic carbocycles. The standard InChI is InChI=1S/C14H26O2/c1-12(2)7-5-9-14(4,16)10-6-8-13(3)11-15/h7,11,13,16H,5-6,8-10H2,1-4H3. The molecule has 2 heteroatoms. The predicted octanol–water partition coefficient (Wildman–Crippen LogP) is 3.49. The van der Waals surface area contributed by atoms with E-state index >= 15 is 0 Å². The maximum atomic E-state index is 10.4. The zero-order chi connectivity index (χ0) is 12.6. The van der Waals surface area contributed by atoms with E-state index in [-0.39, 0.29) is 5.92 Å². The van der Waals surface area contributed by atoms with Gasteiger partial charge in [-0.15, -0.1) is 0 Å². The Morgan fingerprint density at radius 3 is 2.50 bits per heavy atom. The van der Waals surface area contributed by atoms with Gasteiger partial charge in [0.2, 0.25) is 0 Å². The molecule has 0 aromatic heterocycles. The molecule has 0 aliphatic carbocycles. The average Bonchev–Trinajstić information content (AvgIpc) is 2.16. The van der Waals surface area contributed by atoms with Crippen molar-refractivity contribution < 1.29 is 9.90 Å². The molecule has 94 valence electrons. The summed E-state index contributed by atoms with van der Waals surface area (Å²) in [5.41, 5.74) is 0.708. The molecule has 0 aromatic rings. The van der Waals surface area contributed by atoms with Gasteiger partial charge in [-0.25, -0.2) is 0 Å². The van der Waals surface area contributed by atoms with E-state index in [0.717, 1.165) is 38.4 Å². The number of rotatable bonds is 8. The normalized spacial score (nSPS) is 16.3. The monoisotopic (exact) mass is 226 g/mol. The molecule has 0 saturated carbocycles. The minimum atomic E-state index is -0.589. The van der Waals surface area contributed by atoms with Crippen LogP contribution in [0.25, 0.3) is 0 Å². The van der Waals surface area contributed by atoms with Crippen molar-refractivity contribution >= 4 is 6.29 Å². The Hall–Kier alpha value is -0.630. The van der Waals surface area contributed by atoms with Crippen molar-refractivity contribution in [2.75, 3.05) is 0 Å². The SMILES string of the molecule is CC(C)=CCCC(C)(O)CCCC(C)C=O. The van der Waals surface area contributed by atoms with Gasteiger partial charge in [0.05, 0.1) is 5.60 Å². The second kappa shape index (κ2) is 7.61. The molecule has 0 radical (unpaired) electrons. The van der Waals surface area contributed by atoms with E-state index in [1.807, 2.05) is 13.8 Å². The van der Waals surface area contributed by atoms with Gasteiger partial charge < -0.3 is 9.90 Å². The van der Waals surface area contributed by atoms with Gasteiger partial charge in [-0.2, -0.15) is 0 Å². The van der Waals surface area contributed by atoms with Crippen molar-refractivity contribution in [3.63, 3.8) is 0 Å². The zero-order valence-electron chi connectivity index (χ0n) is 11.1. The Labute approximate surface area is 99.7 Å². The van der Waals surface area contributed by atoms with Crippen LogP contribution in [0.1, 0.15) is 59.8 Å². The summed E-state index contributed by atoms with van der Waals surface area (Å²) >= 11 is 0. The number of carbonyl (C=O) groups excluding carboxylic acids is 1. The summed E-state index contributed by atoms with van der Waals surface area (Å²) in [6.45, 7) is 7.95. The van der Waals surface area contributed by atoms with Gasteiger partial charge in [0.1, 0.15) is 6.29 Å². The van der Waals surface area contributed by atoms with E-state index < -0.39 is 5.60 Å². The average molecular weight is 226 g/mol. The van der Waals surface area contributed by atoms with Crippen LogP contribution in [0.15, 0.2) is 11.6 Å². The highest BCUT2D eigenvalue weighted by Gasteiger charge is 2.18. The van der Waals surface area contributed by atoms with Crippen LogP contribution in [0.4, 0.5) is 0 Å². The third-order valence-electron chi connectivity index (χ3n) is 2.84. The lowest BCUT2D eigenvalue weighted by Crippen LogP contribution is -2.23. The maximum absolute atomic E-state index is 10.4. The highest BCUT2D eigenvalue weighted by molar-refractivity contribution is 5.52. The van der Waals surface area contributed by atoms with Crippen molar-refractivity contribution in [3.05, 3.63) is 11.6 Å². The fourth-order valence-electron chi connectivity index (χ4n) is 1.67. The summed E-state index contributed by atoms with van der Waals surface area (Å²) in [5, 5.41) is 10.1. The third-order valence-corrected chi connectivity index (χ3v) is 2.84. The largest absolute Gasteiger partial charge is 0.390 e. The minimum absolute atomic E-state index is 0.119. The second-order valence-electron chi connectivity index (χ2n) is 5.32. The smallest absolute Gasteiger partial charge is 0.122 e. The predicted molar refractivity (Wildman–Crippen MR) is 68.4 cm³/mol. The Balaban J connectivity index is 3.77. The Morgan fingerprint density at radius 1 is 1.38 bits per heavy atom. The molecule has 2 nitrogen and oxygen atoms in total. The Morgan fingerprint density at radius 2 is 2.00 bits per heavy atom. The highest BCUT2D eigenvalue weighted by atomic mass is 16.3. The second-order valence-corrected chi connectivity index (χ2v) is 5.32. The first kappa shape index (κ1) is 15.4. The van der Waals surface area contributed by atoms with Gasteiger partial charge in [0.15, 0.2) is 0 Å². The van der Waals surface area contributed by atoms with Gasteiger partial charge in [0, 0.05) is 5.92 Å². The van der Waals surface area contributed by atoms with Gasteiger partial charge in [-0.05, 0) is 52.9 Å². The van der Waals surface area contributed by atoms with Gasteiger partial charge >= 0.3 is 0 Å². The summed E-state index contributed by atoms with van der Waals surface area (Å²) in [6, 6.07) is 0. The lowest BCUT2D eigenvalue weighted by Gasteiger charge is -2.22. The fourth-order valence-corrected chi connectivity index (χ4v) is 1.67. The van der Waals surface area contributed by atoms with Crippen LogP contribution in [0.3, 0.4) is 0 Å². The van der Waals surface area contributed by atoms with Gasteiger partial charge in [-0.3, -0.25) is 0 Å². The van der Waals surface area contributed by atoms with E-state index in [9.17, 15) is 9.90 Å². The van der Waals surface area contributed by atoms with Crippen LogP contribution >= 0.6 is 0 Å². The van der Waals surface area contributed by atoms with E-state index in [1.165, 1.54) is 5.57 Å². The van der Waals surface area contributed by atoms with Crippen molar-refractivity contribution in [2.45, 2.75) is 65.4 Å². The van der Waals surface area contributed by atoms with Crippen LogP contribution < -0.4 is 0 Å². The summed E-state index contributed by atoms with van der Waals surface area (Å²) in [4.78, 5) is 10.4. The van der Waals surface area contributed by atoms with Crippen LogP contribution in [0.2, 0.25) is 0 Å². The summed E-state index contributed by atoms with van der Waals surface area (Å²) in [5.74, 6) is 0.119. The molecule has 0 aliphatic rings. The Kier molecular flexibility index (Phi) is 7.31. The van der Waals surface area contributed by atoms with E-state index in [2.05, 4.69) is 19.9 Å². The molecule has 0 amide bonds. The van der Waals surface area contributed by atoms with Crippen molar-refractivity contribution in [1.82, 2.24) is 0 Å². The van der Waals surface area contributed by atoms with Crippen LogP contribution in [-0.2, 0) is 4.79 Å². The molecule has 1 N–H and O–H groups in total. The number of aliphatic hydroxyl groups is 1. The topological polar surface area (TPSA) is 37.3 Å². The first-order chi connectivity index (χ1) is 7.37. The van der Waals surface area contributed by atoms with Gasteiger partial charge in [-0.1, -0.05) is 18.6 Å². The minimum Gasteiger partial charge on any atom is -0.390 e. The molecule has 0 aliphatic heterocycles. The molecule has 0 saturated heterocycles. The lowest BCUT2D eigenvalue weighted by molar-refractivity contribution is -0.110. The molecule has 16 heavy (non-hydrogen) atoms. The maximum Gasteiger partial charge on any atom is 0.122 e. The summed E-state index contributed by atoms with van der Waals surface area (Å²) in [6.07, 6.45) is 7.44. The molecular formula is C14H26O2. The Bertz CT molecular complexity index is 225. The van der Waals surface area contributed by atoms with Crippen molar-refractivity contribution in [2.24, 2.45) is 5.92 Å².